The predicted octanol–water partition coefficient (Wildman–Crippen LogP) is 2.50. The lowest BCUT2D eigenvalue weighted by atomic mass is 10.1. The van der Waals surface area contributed by atoms with Gasteiger partial charge < -0.3 is 20.5 Å². The zero-order valence-corrected chi connectivity index (χ0v) is 17.2. The molecule has 0 bridgehead atoms. The summed E-state index contributed by atoms with van der Waals surface area (Å²) in [5.41, 5.74) is 1.16. The predicted molar refractivity (Wildman–Crippen MR) is 117 cm³/mol. The number of aromatic hydroxyl groups is 1. The Labute approximate surface area is 184 Å². The minimum atomic E-state index is -0.676. The molecule has 4 amide bonds. The first-order valence-electron chi connectivity index (χ1n) is 9.69. The number of phenols is 1. The van der Waals surface area contributed by atoms with Gasteiger partial charge in [-0.2, -0.15) is 0 Å². The second kappa shape index (κ2) is 10.1. The number of nitrogens with zero attached hydrogens (tertiary/aromatic N) is 1. The first kappa shape index (κ1) is 22.3. The highest BCUT2D eigenvalue weighted by molar-refractivity contribution is 6.31. The van der Waals surface area contributed by atoms with Gasteiger partial charge in [0.15, 0.2) is 0 Å². The molecular weight excluding hydrogens is 414 g/mol. The molecule has 9 nitrogen and oxygen atoms in total. The number of amides is 4. The average molecular weight is 435 g/mol. The number of para-hydroxylation sites is 1. The van der Waals surface area contributed by atoms with Crippen molar-refractivity contribution >= 4 is 35.2 Å². The van der Waals surface area contributed by atoms with Crippen LogP contribution in [0.5, 0.6) is 5.75 Å². The van der Waals surface area contributed by atoms with E-state index in [1.54, 1.807) is 30.3 Å². The van der Waals surface area contributed by atoms with Crippen LogP contribution in [0.4, 0.5) is 16.2 Å². The maximum atomic E-state index is 12.6. The summed E-state index contributed by atoms with van der Waals surface area (Å²) in [6, 6.07) is 13.9. The number of hydrogen-bond acceptors (Lipinski definition) is 6. The molecule has 0 unspecified atom stereocenters. The summed E-state index contributed by atoms with van der Waals surface area (Å²) in [6.07, 6.45) is 2.47. The third kappa shape index (κ3) is 5.60. The molecule has 2 aromatic carbocycles. The van der Waals surface area contributed by atoms with Crippen LogP contribution in [0, 0.1) is 0 Å². The van der Waals surface area contributed by atoms with E-state index in [9.17, 15) is 24.3 Å². The van der Waals surface area contributed by atoms with Crippen LogP contribution in [0.2, 0.25) is 0 Å². The third-order valence-corrected chi connectivity index (χ3v) is 4.40. The first-order valence-corrected chi connectivity index (χ1v) is 9.69. The molecule has 0 fully saturated rings. The monoisotopic (exact) mass is 435 g/mol. The number of ether oxygens (including phenoxy) is 1. The molecular formula is C23H21N3O6. The lowest BCUT2D eigenvalue weighted by molar-refractivity contribution is -0.138. The largest absolute Gasteiger partial charge is 0.508 e. The number of imide groups is 1. The van der Waals surface area contributed by atoms with Crippen molar-refractivity contribution in [3.63, 3.8) is 0 Å². The van der Waals surface area contributed by atoms with E-state index in [2.05, 4.69) is 10.6 Å². The number of phenolic OH excluding ortho intramolecular Hbond substituents is 1. The van der Waals surface area contributed by atoms with Crippen molar-refractivity contribution in [2.24, 2.45) is 0 Å². The Bertz CT molecular complexity index is 1090. The van der Waals surface area contributed by atoms with Crippen LogP contribution >= 0.6 is 0 Å². The van der Waals surface area contributed by atoms with Crippen molar-refractivity contribution in [3.05, 3.63) is 77.9 Å². The van der Waals surface area contributed by atoms with Gasteiger partial charge in [-0.3, -0.25) is 9.59 Å². The van der Waals surface area contributed by atoms with Crippen molar-refractivity contribution < 1.29 is 29.0 Å². The summed E-state index contributed by atoms with van der Waals surface area (Å²) in [6.45, 7) is 1.44. The van der Waals surface area contributed by atoms with Gasteiger partial charge in [0.2, 0.25) is 0 Å². The van der Waals surface area contributed by atoms with Crippen molar-refractivity contribution in [3.8, 4) is 5.75 Å². The molecule has 3 rings (SSSR count). The fraction of sp³-hybridized carbons (Fsp3) is 0.130. The molecule has 2 aromatic rings. The van der Waals surface area contributed by atoms with E-state index in [-0.39, 0.29) is 30.0 Å². The van der Waals surface area contributed by atoms with Crippen LogP contribution in [-0.2, 0) is 19.1 Å². The molecule has 0 spiro atoms. The van der Waals surface area contributed by atoms with Crippen molar-refractivity contribution in [1.82, 2.24) is 5.32 Å². The summed E-state index contributed by atoms with van der Waals surface area (Å²) in [5.74, 6) is -1.61. The van der Waals surface area contributed by atoms with Gasteiger partial charge in [-0.1, -0.05) is 18.2 Å². The number of esters is 1. The molecule has 1 aliphatic rings. The van der Waals surface area contributed by atoms with Crippen molar-refractivity contribution in [1.29, 1.82) is 0 Å². The number of hydrogen-bond donors (Lipinski definition) is 3. The molecule has 3 N–H and O–H groups in total. The number of nitrogens with one attached hydrogen (secondary N) is 2. The van der Waals surface area contributed by atoms with Gasteiger partial charge in [0.1, 0.15) is 12.4 Å². The van der Waals surface area contributed by atoms with Gasteiger partial charge in [0, 0.05) is 22.9 Å². The Balaban J connectivity index is 1.46. The topological polar surface area (TPSA) is 125 Å². The highest BCUT2D eigenvalue weighted by Crippen LogP contribution is 2.23. The molecule has 0 atom stereocenters. The molecule has 0 radical (unpaired) electrons. The number of rotatable bonds is 7. The third-order valence-electron chi connectivity index (χ3n) is 4.40. The summed E-state index contributed by atoms with van der Waals surface area (Å²) < 4.78 is 5.08. The quantitative estimate of drug-likeness (QED) is 0.202. The average Bonchev–Trinajstić information content (AvgIpc) is 3.06. The zero-order valence-electron chi connectivity index (χ0n) is 17.2. The number of benzene rings is 2. The molecule has 9 heteroatoms. The van der Waals surface area contributed by atoms with E-state index in [0.29, 0.717) is 11.4 Å². The minimum absolute atomic E-state index is 0.0604. The first-order chi connectivity index (χ1) is 15.3. The van der Waals surface area contributed by atoms with E-state index in [4.69, 9.17) is 4.74 Å². The van der Waals surface area contributed by atoms with Crippen LogP contribution in [0.3, 0.4) is 0 Å². The van der Waals surface area contributed by atoms with Crippen LogP contribution in [0.25, 0.3) is 0 Å². The standard InChI is InChI=1S/C23H21N3O6/c1-15(13-16-14-20(28)26(21(16)29)18-5-3-2-4-6-18)22(30)32-12-11-24-23(31)25-17-7-9-19(27)10-8-17/h2-10,13-14,27H,11-12H2,1H3,(H2,24,25,31)/b15-13+. The highest BCUT2D eigenvalue weighted by Gasteiger charge is 2.31. The van der Waals surface area contributed by atoms with E-state index >= 15 is 0 Å². The van der Waals surface area contributed by atoms with Crippen LogP contribution < -0.4 is 15.5 Å². The number of carbonyl (C=O) groups is 4. The van der Waals surface area contributed by atoms with E-state index < -0.39 is 23.8 Å². The maximum Gasteiger partial charge on any atom is 0.333 e. The highest BCUT2D eigenvalue weighted by atomic mass is 16.5. The van der Waals surface area contributed by atoms with Gasteiger partial charge in [-0.15, -0.1) is 0 Å². The lowest BCUT2D eigenvalue weighted by Crippen LogP contribution is -2.32. The van der Waals surface area contributed by atoms with Gasteiger partial charge >= 0.3 is 12.0 Å². The van der Waals surface area contributed by atoms with Crippen molar-refractivity contribution in [2.45, 2.75) is 6.92 Å². The lowest BCUT2D eigenvalue weighted by Gasteiger charge is -2.14. The van der Waals surface area contributed by atoms with Crippen LogP contribution in [-0.4, -0.2) is 42.1 Å². The number of anilines is 2. The molecule has 164 valence electrons. The maximum absolute atomic E-state index is 12.6. The van der Waals surface area contributed by atoms with E-state index in [1.165, 1.54) is 43.3 Å². The van der Waals surface area contributed by atoms with E-state index in [1.807, 2.05) is 0 Å². The molecule has 32 heavy (non-hydrogen) atoms. The van der Waals surface area contributed by atoms with Gasteiger partial charge in [-0.05, 0) is 49.4 Å². The second-order valence-electron chi connectivity index (χ2n) is 6.81. The number of carbonyl (C=O) groups excluding carboxylic acids is 4. The molecule has 0 saturated carbocycles. The van der Waals surface area contributed by atoms with Crippen LogP contribution in [0.1, 0.15) is 6.92 Å². The normalized spacial score (nSPS) is 13.6. The molecule has 0 saturated heterocycles. The smallest absolute Gasteiger partial charge is 0.333 e. The molecule has 1 heterocycles. The molecule has 0 aromatic heterocycles. The van der Waals surface area contributed by atoms with Crippen LogP contribution in [0.15, 0.2) is 77.9 Å². The summed E-state index contributed by atoms with van der Waals surface area (Å²) >= 11 is 0. The Morgan fingerprint density at radius 1 is 1.06 bits per heavy atom. The Kier molecular flexibility index (Phi) is 7.02. The van der Waals surface area contributed by atoms with Gasteiger partial charge in [0.25, 0.3) is 11.8 Å². The van der Waals surface area contributed by atoms with Crippen molar-refractivity contribution in [2.75, 3.05) is 23.4 Å². The second-order valence-corrected chi connectivity index (χ2v) is 6.81. The Morgan fingerprint density at radius 2 is 1.75 bits per heavy atom. The zero-order chi connectivity index (χ0) is 23.1. The van der Waals surface area contributed by atoms with Gasteiger partial charge in [-0.25, -0.2) is 14.5 Å². The fourth-order valence-electron chi connectivity index (χ4n) is 2.85. The number of urea groups is 1. The minimum Gasteiger partial charge on any atom is -0.508 e. The molecule has 1 aliphatic heterocycles. The van der Waals surface area contributed by atoms with E-state index in [0.717, 1.165) is 4.90 Å². The summed E-state index contributed by atoms with van der Waals surface area (Å²) in [7, 11) is 0. The molecule has 0 aliphatic carbocycles. The SMILES string of the molecule is C/C(=C\C1=CC(=O)N(c2ccccc2)C1=O)C(=O)OCCNC(=O)Nc1ccc(O)cc1. The summed E-state index contributed by atoms with van der Waals surface area (Å²) in [4.78, 5) is 49.7. The fourth-order valence-corrected chi connectivity index (χ4v) is 2.85. The Morgan fingerprint density at radius 3 is 2.44 bits per heavy atom. The Hall–Kier alpha value is -4.40. The van der Waals surface area contributed by atoms with Gasteiger partial charge in [0.05, 0.1) is 12.2 Å². The summed E-state index contributed by atoms with van der Waals surface area (Å²) in [5, 5.41) is 14.3.